The van der Waals surface area contributed by atoms with Crippen LogP contribution in [0.25, 0.3) is 0 Å². The molecule has 0 aliphatic rings. The first kappa shape index (κ1) is 16.1. The van der Waals surface area contributed by atoms with E-state index in [1.807, 2.05) is 6.92 Å². The lowest BCUT2D eigenvalue weighted by Gasteiger charge is -2.15. The van der Waals surface area contributed by atoms with E-state index in [1.165, 1.54) is 0 Å². The van der Waals surface area contributed by atoms with Gasteiger partial charge in [0.2, 0.25) is 11.7 Å². The number of nitrogens with one attached hydrogen (secondary N) is 1. The quantitative estimate of drug-likeness (QED) is 0.707. The minimum Gasteiger partial charge on any atom is -0.373 e. The van der Waals surface area contributed by atoms with Crippen LogP contribution in [0.3, 0.4) is 0 Å². The van der Waals surface area contributed by atoms with E-state index < -0.39 is 0 Å². The molecule has 0 saturated carbocycles. The molecule has 0 bridgehead atoms. The van der Waals surface area contributed by atoms with Crippen LogP contribution in [0.2, 0.25) is 0 Å². The van der Waals surface area contributed by atoms with Gasteiger partial charge in [-0.05, 0) is 25.8 Å². The van der Waals surface area contributed by atoms with Crippen molar-refractivity contribution in [1.82, 2.24) is 15.5 Å². The molecular formula is C14H27N3O2. The fourth-order valence-electron chi connectivity index (χ4n) is 2.12. The van der Waals surface area contributed by atoms with E-state index in [4.69, 9.17) is 9.26 Å². The summed E-state index contributed by atoms with van der Waals surface area (Å²) in [5.41, 5.74) is 0. The van der Waals surface area contributed by atoms with Gasteiger partial charge in [-0.1, -0.05) is 32.3 Å². The molecule has 1 aromatic heterocycles. The van der Waals surface area contributed by atoms with Gasteiger partial charge in [0.15, 0.2) is 0 Å². The Balaban J connectivity index is 2.58. The Morgan fingerprint density at radius 3 is 2.63 bits per heavy atom. The smallest absolute Gasteiger partial charge is 0.228 e. The van der Waals surface area contributed by atoms with Gasteiger partial charge in [-0.2, -0.15) is 4.98 Å². The van der Waals surface area contributed by atoms with Crippen molar-refractivity contribution < 1.29 is 9.26 Å². The molecule has 110 valence electrons. The molecule has 5 nitrogen and oxygen atoms in total. The SMILES string of the molecule is CCCNC(CCC)Cc1nc(C(CC)OC)no1. The van der Waals surface area contributed by atoms with Crippen molar-refractivity contribution in [3.63, 3.8) is 0 Å². The van der Waals surface area contributed by atoms with E-state index in [0.29, 0.717) is 17.8 Å². The van der Waals surface area contributed by atoms with Gasteiger partial charge in [0.25, 0.3) is 0 Å². The Morgan fingerprint density at radius 1 is 1.26 bits per heavy atom. The summed E-state index contributed by atoms with van der Waals surface area (Å²) in [7, 11) is 1.67. The predicted octanol–water partition coefficient (Wildman–Crippen LogP) is 2.88. The van der Waals surface area contributed by atoms with Crippen molar-refractivity contribution >= 4 is 0 Å². The monoisotopic (exact) mass is 269 g/mol. The van der Waals surface area contributed by atoms with Crippen LogP contribution >= 0.6 is 0 Å². The zero-order valence-corrected chi connectivity index (χ0v) is 12.6. The van der Waals surface area contributed by atoms with E-state index in [0.717, 1.165) is 38.6 Å². The molecule has 19 heavy (non-hydrogen) atoms. The third kappa shape index (κ3) is 5.28. The van der Waals surface area contributed by atoms with Gasteiger partial charge in [0.05, 0.1) is 0 Å². The molecule has 0 aliphatic carbocycles. The van der Waals surface area contributed by atoms with Crippen LogP contribution in [0.4, 0.5) is 0 Å². The van der Waals surface area contributed by atoms with Gasteiger partial charge in [-0.3, -0.25) is 0 Å². The van der Waals surface area contributed by atoms with Crippen LogP contribution in [0, 0.1) is 0 Å². The predicted molar refractivity (Wildman–Crippen MR) is 75.0 cm³/mol. The summed E-state index contributed by atoms with van der Waals surface area (Å²) < 4.78 is 10.6. The number of hydrogen-bond acceptors (Lipinski definition) is 5. The highest BCUT2D eigenvalue weighted by molar-refractivity contribution is 4.93. The molecule has 0 spiro atoms. The summed E-state index contributed by atoms with van der Waals surface area (Å²) in [6, 6.07) is 0.417. The standard InChI is InChI=1S/C14H27N3O2/c1-5-8-11(15-9-6-2)10-13-16-14(17-19-13)12(7-3)18-4/h11-12,15H,5-10H2,1-4H3. The van der Waals surface area contributed by atoms with Crippen molar-refractivity contribution in [3.05, 3.63) is 11.7 Å². The highest BCUT2D eigenvalue weighted by Crippen LogP contribution is 2.17. The second kappa shape index (κ2) is 9.04. The first-order valence-electron chi connectivity index (χ1n) is 7.33. The molecule has 0 aromatic carbocycles. The number of aromatic nitrogens is 2. The summed E-state index contributed by atoms with van der Waals surface area (Å²) in [5, 5.41) is 7.54. The highest BCUT2D eigenvalue weighted by Gasteiger charge is 2.18. The molecule has 2 atom stereocenters. The van der Waals surface area contributed by atoms with Crippen LogP contribution in [0.5, 0.6) is 0 Å². The Morgan fingerprint density at radius 2 is 2.05 bits per heavy atom. The third-order valence-electron chi connectivity index (χ3n) is 3.17. The lowest BCUT2D eigenvalue weighted by Crippen LogP contribution is -2.31. The second-order valence-electron chi connectivity index (χ2n) is 4.82. The summed E-state index contributed by atoms with van der Waals surface area (Å²) in [4.78, 5) is 4.44. The van der Waals surface area contributed by atoms with Crippen molar-refractivity contribution in [1.29, 1.82) is 0 Å². The molecule has 1 heterocycles. The van der Waals surface area contributed by atoms with E-state index in [9.17, 15) is 0 Å². The molecule has 0 fully saturated rings. The van der Waals surface area contributed by atoms with Crippen molar-refractivity contribution in [2.45, 2.75) is 65.0 Å². The van der Waals surface area contributed by atoms with Crippen LogP contribution in [0.1, 0.15) is 64.3 Å². The number of methoxy groups -OCH3 is 1. The third-order valence-corrected chi connectivity index (χ3v) is 3.17. The van der Waals surface area contributed by atoms with Gasteiger partial charge in [0, 0.05) is 19.6 Å². The van der Waals surface area contributed by atoms with E-state index in [2.05, 4.69) is 29.3 Å². The van der Waals surface area contributed by atoms with Crippen LogP contribution in [-0.2, 0) is 11.2 Å². The molecule has 0 aliphatic heterocycles. The van der Waals surface area contributed by atoms with Crippen LogP contribution in [0.15, 0.2) is 4.52 Å². The minimum atomic E-state index is -0.0641. The average Bonchev–Trinajstić information content (AvgIpc) is 2.86. The second-order valence-corrected chi connectivity index (χ2v) is 4.82. The maximum absolute atomic E-state index is 5.32. The first-order chi connectivity index (χ1) is 9.24. The summed E-state index contributed by atoms with van der Waals surface area (Å²) in [6.45, 7) is 7.44. The van der Waals surface area contributed by atoms with Crippen molar-refractivity contribution in [2.24, 2.45) is 0 Å². The molecule has 0 amide bonds. The number of ether oxygens (including phenoxy) is 1. The van der Waals surface area contributed by atoms with Gasteiger partial charge in [-0.25, -0.2) is 0 Å². The van der Waals surface area contributed by atoms with Crippen molar-refractivity contribution in [2.75, 3.05) is 13.7 Å². The van der Waals surface area contributed by atoms with Gasteiger partial charge in [-0.15, -0.1) is 0 Å². The topological polar surface area (TPSA) is 60.2 Å². The normalized spacial score (nSPS) is 14.5. The number of nitrogens with zero attached hydrogens (tertiary/aromatic N) is 2. The fraction of sp³-hybridized carbons (Fsp3) is 0.857. The Labute approximate surface area is 116 Å². The zero-order valence-electron chi connectivity index (χ0n) is 12.6. The maximum atomic E-state index is 5.32. The Hall–Kier alpha value is -0.940. The summed E-state index contributed by atoms with van der Waals surface area (Å²) in [6.07, 6.45) is 4.99. The largest absolute Gasteiger partial charge is 0.373 e. The van der Waals surface area contributed by atoms with Gasteiger partial charge < -0.3 is 14.6 Å². The maximum Gasteiger partial charge on any atom is 0.228 e. The lowest BCUT2D eigenvalue weighted by atomic mass is 10.1. The molecule has 0 saturated heterocycles. The van der Waals surface area contributed by atoms with Crippen molar-refractivity contribution in [3.8, 4) is 0 Å². The molecule has 2 unspecified atom stereocenters. The lowest BCUT2D eigenvalue weighted by molar-refractivity contribution is 0.0903. The van der Waals surface area contributed by atoms with E-state index >= 15 is 0 Å². The molecule has 5 heteroatoms. The molecule has 1 aromatic rings. The fourth-order valence-corrected chi connectivity index (χ4v) is 2.12. The molecule has 1 rings (SSSR count). The van der Waals surface area contributed by atoms with E-state index in [-0.39, 0.29) is 6.10 Å². The number of rotatable bonds is 10. The first-order valence-corrected chi connectivity index (χ1v) is 7.33. The van der Waals surface area contributed by atoms with Crippen LogP contribution < -0.4 is 5.32 Å². The Kier molecular flexibility index (Phi) is 7.67. The van der Waals surface area contributed by atoms with Crippen LogP contribution in [-0.4, -0.2) is 29.8 Å². The zero-order chi connectivity index (χ0) is 14.1. The molecule has 0 radical (unpaired) electrons. The molecular weight excluding hydrogens is 242 g/mol. The summed E-state index contributed by atoms with van der Waals surface area (Å²) in [5.74, 6) is 1.36. The minimum absolute atomic E-state index is 0.0641. The highest BCUT2D eigenvalue weighted by atomic mass is 16.5. The number of hydrogen-bond donors (Lipinski definition) is 1. The Bertz CT molecular complexity index is 337. The molecule has 1 N–H and O–H groups in total. The van der Waals surface area contributed by atoms with Gasteiger partial charge >= 0.3 is 0 Å². The van der Waals surface area contributed by atoms with Gasteiger partial charge in [0.1, 0.15) is 6.10 Å². The van der Waals surface area contributed by atoms with E-state index in [1.54, 1.807) is 7.11 Å². The average molecular weight is 269 g/mol. The summed E-state index contributed by atoms with van der Waals surface area (Å²) >= 11 is 0.